The number of nitrogens with zero attached hydrogens (tertiary/aromatic N) is 1. The Morgan fingerprint density at radius 1 is 1.27 bits per heavy atom. The lowest BCUT2D eigenvalue weighted by Crippen LogP contribution is -2.45. The lowest BCUT2D eigenvalue weighted by atomic mass is 10.1. The fraction of sp³-hybridized carbons (Fsp3) is 0.941. The summed E-state index contributed by atoms with van der Waals surface area (Å²) in [5.74, 6) is 1.69. The van der Waals surface area contributed by atoms with Crippen LogP contribution in [0.3, 0.4) is 0 Å². The number of hydrogen-bond acceptors (Lipinski definition) is 4. The van der Waals surface area contributed by atoms with Gasteiger partial charge in [-0.15, -0.1) is 0 Å². The van der Waals surface area contributed by atoms with Crippen molar-refractivity contribution in [1.29, 1.82) is 0 Å². The fourth-order valence-electron chi connectivity index (χ4n) is 2.90. The van der Waals surface area contributed by atoms with Gasteiger partial charge < -0.3 is 20.1 Å². The summed E-state index contributed by atoms with van der Waals surface area (Å²) in [6.45, 7) is 8.94. The first-order valence-corrected chi connectivity index (χ1v) is 8.65. The molecule has 22 heavy (non-hydrogen) atoms. The molecule has 2 aliphatic rings. The maximum atomic E-state index is 12.2. The fourth-order valence-corrected chi connectivity index (χ4v) is 2.90. The van der Waals surface area contributed by atoms with Gasteiger partial charge in [0.25, 0.3) is 0 Å². The minimum absolute atomic E-state index is 0.314. The average molecular weight is 312 g/mol. The van der Waals surface area contributed by atoms with Crippen LogP contribution in [0.2, 0.25) is 0 Å². The second-order valence-corrected chi connectivity index (χ2v) is 7.93. The molecule has 0 bridgehead atoms. The summed E-state index contributed by atoms with van der Waals surface area (Å²) in [7, 11) is 0. The largest absolute Gasteiger partial charge is 0.444 e. The molecule has 128 valence electrons. The number of hydrogen-bond donors (Lipinski definition) is 2. The minimum atomic E-state index is -0.546. The molecule has 1 amide bonds. The van der Waals surface area contributed by atoms with Crippen LogP contribution >= 0.6 is 0 Å². The van der Waals surface area contributed by atoms with Gasteiger partial charge in [0.05, 0.1) is 6.10 Å². The summed E-state index contributed by atoms with van der Waals surface area (Å²) < 4.78 is 5.43. The van der Waals surface area contributed by atoms with Gasteiger partial charge in [-0.25, -0.2) is 4.79 Å². The molecule has 2 aliphatic carbocycles. The van der Waals surface area contributed by atoms with Crippen molar-refractivity contribution in [2.24, 2.45) is 11.8 Å². The Kier molecular flexibility index (Phi) is 5.72. The Labute approximate surface area is 134 Å². The number of amides is 1. The summed E-state index contributed by atoms with van der Waals surface area (Å²) in [4.78, 5) is 13.8. The number of aliphatic hydroxyl groups excluding tert-OH is 1. The van der Waals surface area contributed by atoms with E-state index in [4.69, 9.17) is 4.74 Å². The summed E-state index contributed by atoms with van der Waals surface area (Å²) in [5.41, 5.74) is -0.508. The number of aliphatic hydroxyl groups is 1. The van der Waals surface area contributed by atoms with Crippen LogP contribution in [0, 0.1) is 11.8 Å². The molecule has 0 saturated heterocycles. The van der Waals surface area contributed by atoms with Crippen LogP contribution in [0.1, 0.15) is 53.4 Å². The molecule has 2 rings (SSSR count). The van der Waals surface area contributed by atoms with Crippen LogP contribution in [-0.4, -0.2) is 53.5 Å². The maximum absolute atomic E-state index is 12.2. The van der Waals surface area contributed by atoms with E-state index in [0.717, 1.165) is 18.4 Å². The third-order valence-corrected chi connectivity index (χ3v) is 4.16. The molecular weight excluding hydrogens is 280 g/mol. The van der Waals surface area contributed by atoms with Crippen molar-refractivity contribution in [2.45, 2.75) is 71.1 Å². The summed E-state index contributed by atoms with van der Waals surface area (Å²) >= 11 is 0. The second-order valence-electron chi connectivity index (χ2n) is 7.93. The number of carbonyl (C=O) groups is 1. The number of ether oxygens (including phenoxy) is 1. The van der Waals surface area contributed by atoms with Crippen LogP contribution < -0.4 is 5.32 Å². The van der Waals surface area contributed by atoms with Crippen LogP contribution in [0.15, 0.2) is 0 Å². The molecule has 0 heterocycles. The lowest BCUT2D eigenvalue weighted by molar-refractivity contribution is 0.0162. The van der Waals surface area contributed by atoms with Crippen LogP contribution in [0.25, 0.3) is 0 Å². The highest BCUT2D eigenvalue weighted by Crippen LogP contribution is 2.44. The monoisotopic (exact) mass is 312 g/mol. The molecular formula is C17H32N2O3. The maximum Gasteiger partial charge on any atom is 0.410 e. The average Bonchev–Trinajstić information content (AvgIpc) is 3.24. The van der Waals surface area contributed by atoms with Gasteiger partial charge in [0.1, 0.15) is 5.60 Å². The first kappa shape index (κ1) is 17.5. The lowest BCUT2D eigenvalue weighted by Gasteiger charge is -2.29. The molecule has 0 aliphatic heterocycles. The van der Waals surface area contributed by atoms with Gasteiger partial charge in [0, 0.05) is 25.7 Å². The SMILES string of the molecule is CC(O)CN(CCNC(C1CC1)C1CC1)C(=O)OC(C)(C)C. The van der Waals surface area contributed by atoms with Gasteiger partial charge in [-0.05, 0) is 65.2 Å². The van der Waals surface area contributed by atoms with Gasteiger partial charge in [0.2, 0.25) is 0 Å². The van der Waals surface area contributed by atoms with Crippen molar-refractivity contribution >= 4 is 6.09 Å². The first-order chi connectivity index (χ1) is 10.3. The summed E-state index contributed by atoms with van der Waals surface area (Å²) in [5, 5.41) is 13.2. The van der Waals surface area contributed by atoms with Gasteiger partial charge in [0.15, 0.2) is 0 Å². The van der Waals surface area contributed by atoms with Gasteiger partial charge in [-0.3, -0.25) is 0 Å². The number of rotatable bonds is 8. The molecule has 5 nitrogen and oxygen atoms in total. The molecule has 5 heteroatoms. The second kappa shape index (κ2) is 7.18. The molecule has 2 saturated carbocycles. The summed E-state index contributed by atoms with van der Waals surface area (Å²) in [6.07, 6.45) is 4.49. The molecule has 1 atom stereocenters. The Morgan fingerprint density at radius 2 is 1.82 bits per heavy atom. The Bertz CT molecular complexity index is 359. The van der Waals surface area contributed by atoms with Crippen molar-refractivity contribution in [1.82, 2.24) is 10.2 Å². The van der Waals surface area contributed by atoms with E-state index in [0.29, 0.717) is 19.1 Å². The highest BCUT2D eigenvalue weighted by atomic mass is 16.6. The molecule has 2 N–H and O–H groups in total. The highest BCUT2D eigenvalue weighted by molar-refractivity contribution is 5.68. The van der Waals surface area contributed by atoms with Gasteiger partial charge in [-0.2, -0.15) is 0 Å². The van der Waals surface area contributed by atoms with Crippen LogP contribution in [0.4, 0.5) is 4.79 Å². The third-order valence-electron chi connectivity index (χ3n) is 4.16. The first-order valence-electron chi connectivity index (χ1n) is 8.65. The topological polar surface area (TPSA) is 61.8 Å². The van der Waals surface area contributed by atoms with E-state index < -0.39 is 11.7 Å². The van der Waals surface area contributed by atoms with E-state index in [-0.39, 0.29) is 6.09 Å². The molecule has 0 aromatic heterocycles. The number of nitrogens with one attached hydrogen (secondary N) is 1. The third kappa shape index (κ3) is 6.13. The molecule has 2 fully saturated rings. The summed E-state index contributed by atoms with van der Waals surface area (Å²) in [6, 6.07) is 0.632. The predicted molar refractivity (Wildman–Crippen MR) is 86.7 cm³/mol. The van der Waals surface area contributed by atoms with E-state index >= 15 is 0 Å². The molecule has 0 aromatic rings. The molecule has 0 aromatic carbocycles. The molecule has 1 unspecified atom stereocenters. The van der Waals surface area contributed by atoms with Crippen molar-refractivity contribution in [3.8, 4) is 0 Å². The van der Waals surface area contributed by atoms with E-state index in [2.05, 4.69) is 5.32 Å². The Morgan fingerprint density at radius 3 is 2.23 bits per heavy atom. The zero-order chi connectivity index (χ0) is 16.3. The Hall–Kier alpha value is -0.810. The van der Waals surface area contributed by atoms with E-state index in [1.807, 2.05) is 20.8 Å². The normalized spacial score (nSPS) is 20.1. The quantitative estimate of drug-likeness (QED) is 0.722. The van der Waals surface area contributed by atoms with E-state index in [9.17, 15) is 9.90 Å². The van der Waals surface area contributed by atoms with Crippen molar-refractivity contribution < 1.29 is 14.6 Å². The zero-order valence-electron chi connectivity index (χ0n) is 14.5. The molecule has 0 spiro atoms. The minimum Gasteiger partial charge on any atom is -0.444 e. The van der Waals surface area contributed by atoms with Crippen LogP contribution in [0.5, 0.6) is 0 Å². The van der Waals surface area contributed by atoms with Crippen molar-refractivity contribution in [3.05, 3.63) is 0 Å². The van der Waals surface area contributed by atoms with Gasteiger partial charge >= 0.3 is 6.09 Å². The van der Waals surface area contributed by atoms with Gasteiger partial charge in [-0.1, -0.05) is 0 Å². The number of carbonyl (C=O) groups excluding carboxylic acids is 1. The van der Waals surface area contributed by atoms with Crippen LogP contribution in [-0.2, 0) is 4.74 Å². The Balaban J connectivity index is 1.79. The van der Waals surface area contributed by atoms with E-state index in [1.165, 1.54) is 25.7 Å². The zero-order valence-corrected chi connectivity index (χ0v) is 14.5. The smallest absolute Gasteiger partial charge is 0.410 e. The van der Waals surface area contributed by atoms with E-state index in [1.54, 1.807) is 11.8 Å². The highest BCUT2D eigenvalue weighted by Gasteiger charge is 2.41. The predicted octanol–water partition coefficient (Wildman–Crippen LogP) is 2.38. The van der Waals surface area contributed by atoms with Crippen molar-refractivity contribution in [2.75, 3.05) is 19.6 Å². The molecule has 0 radical (unpaired) electrons. The van der Waals surface area contributed by atoms with Crippen molar-refractivity contribution in [3.63, 3.8) is 0 Å². The standard InChI is InChI=1S/C17H32N2O3/c1-12(20)11-19(16(21)22-17(2,3)4)10-9-18-15(13-5-6-13)14-7-8-14/h12-15,18,20H,5-11H2,1-4H3.